The van der Waals surface area contributed by atoms with Gasteiger partial charge < -0.3 is 19.5 Å². The van der Waals surface area contributed by atoms with E-state index in [1.807, 2.05) is 24.0 Å². The van der Waals surface area contributed by atoms with Crippen molar-refractivity contribution in [1.29, 1.82) is 0 Å². The van der Waals surface area contributed by atoms with Crippen LogP contribution in [0.15, 0.2) is 48.5 Å². The molecule has 6 nitrogen and oxygen atoms in total. The molecule has 5 rings (SSSR count). The van der Waals surface area contributed by atoms with Crippen molar-refractivity contribution in [3.05, 3.63) is 65.7 Å². The van der Waals surface area contributed by atoms with E-state index in [0.29, 0.717) is 26.2 Å². The number of fused-ring (bicyclic) bond motifs is 1. The van der Waals surface area contributed by atoms with Crippen LogP contribution in [0.4, 0.5) is 15.9 Å². The van der Waals surface area contributed by atoms with Gasteiger partial charge in [0.1, 0.15) is 29.3 Å². The number of rotatable bonds is 4. The van der Waals surface area contributed by atoms with Crippen molar-refractivity contribution >= 4 is 17.4 Å². The van der Waals surface area contributed by atoms with Crippen molar-refractivity contribution < 1.29 is 13.9 Å². The normalized spacial score (nSPS) is 18.1. The quantitative estimate of drug-likeness (QED) is 0.685. The lowest BCUT2D eigenvalue weighted by atomic mass is 10.1. The summed E-state index contributed by atoms with van der Waals surface area (Å²) >= 11 is 0. The predicted molar refractivity (Wildman–Crippen MR) is 116 cm³/mol. The van der Waals surface area contributed by atoms with E-state index in [4.69, 9.17) is 9.72 Å². The third-order valence-corrected chi connectivity index (χ3v) is 5.92. The maximum absolute atomic E-state index is 13.5. The van der Waals surface area contributed by atoms with Gasteiger partial charge in [0.25, 0.3) is 5.91 Å². The molecular weight excluding hydrogens is 395 g/mol. The van der Waals surface area contributed by atoms with Crippen molar-refractivity contribution in [2.75, 3.05) is 18.5 Å². The van der Waals surface area contributed by atoms with Gasteiger partial charge in [-0.1, -0.05) is 17.7 Å². The van der Waals surface area contributed by atoms with E-state index in [1.165, 1.54) is 17.7 Å². The van der Waals surface area contributed by atoms with E-state index < -0.39 is 0 Å². The number of hydrogen-bond donors (Lipinski definition) is 1. The molecule has 1 N–H and O–H groups in total. The molecule has 1 saturated heterocycles. The number of aromatic nitrogens is 2. The maximum atomic E-state index is 13.5. The fraction of sp³-hybridized carbons (Fsp3) is 0.333. The van der Waals surface area contributed by atoms with Gasteiger partial charge in [-0.3, -0.25) is 4.79 Å². The number of anilines is 2. The fourth-order valence-corrected chi connectivity index (χ4v) is 4.20. The lowest BCUT2D eigenvalue weighted by molar-refractivity contribution is -0.142. The van der Waals surface area contributed by atoms with Gasteiger partial charge in [0.2, 0.25) is 0 Å². The summed E-state index contributed by atoms with van der Waals surface area (Å²) in [6, 6.07) is 14.5. The number of ether oxygens (including phenoxy) is 1. The minimum absolute atomic E-state index is 0.0446. The van der Waals surface area contributed by atoms with Crippen LogP contribution in [0.5, 0.6) is 0 Å². The summed E-state index contributed by atoms with van der Waals surface area (Å²) in [4.78, 5) is 19.5. The minimum Gasteiger partial charge on any atom is -0.368 e. The van der Waals surface area contributed by atoms with Crippen LogP contribution < -0.4 is 5.32 Å². The third-order valence-electron chi connectivity index (χ3n) is 5.92. The zero-order chi connectivity index (χ0) is 21.4. The zero-order valence-electron chi connectivity index (χ0n) is 17.5. The first-order valence-electron chi connectivity index (χ1n) is 10.7. The zero-order valence-corrected chi connectivity index (χ0v) is 17.5. The van der Waals surface area contributed by atoms with Gasteiger partial charge in [-0.25, -0.2) is 9.37 Å². The summed E-state index contributed by atoms with van der Waals surface area (Å²) in [6.45, 7) is 4.37. The molecule has 31 heavy (non-hydrogen) atoms. The van der Waals surface area contributed by atoms with Crippen LogP contribution in [0.3, 0.4) is 0 Å². The summed E-state index contributed by atoms with van der Waals surface area (Å²) < 4.78 is 21.2. The Kier molecular flexibility index (Phi) is 5.19. The molecule has 2 aliphatic heterocycles. The van der Waals surface area contributed by atoms with Crippen LogP contribution in [0.2, 0.25) is 0 Å². The number of halogens is 1. The van der Waals surface area contributed by atoms with Crippen LogP contribution in [0.25, 0.3) is 11.3 Å². The lowest BCUT2D eigenvalue weighted by Gasteiger charge is -2.30. The van der Waals surface area contributed by atoms with Gasteiger partial charge in [-0.2, -0.15) is 0 Å². The number of nitrogens with one attached hydrogen (secondary N) is 1. The van der Waals surface area contributed by atoms with E-state index in [1.54, 1.807) is 12.1 Å². The standard InChI is InChI=1S/C24H25FN4O2/c1-16-4-10-19(11-5-16)26-23-22(17-6-8-18(25)9-7-17)27-21-15-28(12-13-29(21)23)24(30)20-3-2-14-31-20/h4-11,20,26H,2-3,12-15H2,1H3/t20-/m1/s1. The summed E-state index contributed by atoms with van der Waals surface area (Å²) in [5.41, 5.74) is 3.72. The van der Waals surface area contributed by atoms with Gasteiger partial charge in [0, 0.05) is 30.9 Å². The van der Waals surface area contributed by atoms with Crippen molar-refractivity contribution in [1.82, 2.24) is 14.5 Å². The molecule has 0 unspecified atom stereocenters. The Balaban J connectivity index is 1.49. The van der Waals surface area contributed by atoms with Crippen molar-refractivity contribution in [2.24, 2.45) is 0 Å². The highest BCUT2D eigenvalue weighted by atomic mass is 19.1. The fourth-order valence-electron chi connectivity index (χ4n) is 4.20. The summed E-state index contributed by atoms with van der Waals surface area (Å²) in [5, 5.41) is 3.50. The first-order chi connectivity index (χ1) is 15.1. The van der Waals surface area contributed by atoms with Crippen LogP contribution in [-0.4, -0.2) is 39.6 Å². The lowest BCUT2D eigenvalue weighted by Crippen LogP contribution is -2.43. The molecular formula is C24H25FN4O2. The van der Waals surface area contributed by atoms with Gasteiger partial charge >= 0.3 is 0 Å². The Morgan fingerprint density at radius 1 is 1.13 bits per heavy atom. The number of benzene rings is 2. The number of imidazole rings is 1. The smallest absolute Gasteiger partial charge is 0.252 e. The minimum atomic E-state index is -0.330. The second-order valence-corrected chi connectivity index (χ2v) is 8.14. The molecule has 7 heteroatoms. The van der Waals surface area contributed by atoms with Crippen LogP contribution >= 0.6 is 0 Å². The van der Waals surface area contributed by atoms with Gasteiger partial charge in [-0.05, 0) is 56.2 Å². The topological polar surface area (TPSA) is 59.4 Å². The molecule has 1 fully saturated rings. The van der Waals surface area contributed by atoms with Gasteiger partial charge in [0.05, 0.1) is 6.54 Å². The molecule has 160 valence electrons. The largest absolute Gasteiger partial charge is 0.368 e. The Bertz CT molecular complexity index is 1090. The van der Waals surface area contributed by atoms with E-state index in [2.05, 4.69) is 22.0 Å². The van der Waals surface area contributed by atoms with E-state index in [-0.39, 0.29) is 17.8 Å². The summed E-state index contributed by atoms with van der Waals surface area (Å²) in [5.74, 6) is 1.43. The molecule has 2 aliphatic rings. The summed E-state index contributed by atoms with van der Waals surface area (Å²) in [7, 11) is 0. The maximum Gasteiger partial charge on any atom is 0.252 e. The highest BCUT2D eigenvalue weighted by Gasteiger charge is 2.32. The second kappa shape index (κ2) is 8.15. The molecule has 0 radical (unpaired) electrons. The van der Waals surface area contributed by atoms with Crippen LogP contribution in [0, 0.1) is 12.7 Å². The molecule has 1 aromatic heterocycles. The first-order valence-corrected chi connectivity index (χ1v) is 10.7. The molecule has 0 saturated carbocycles. The van der Waals surface area contributed by atoms with Crippen LogP contribution in [-0.2, 0) is 22.6 Å². The molecule has 2 aromatic carbocycles. The third kappa shape index (κ3) is 3.93. The van der Waals surface area contributed by atoms with E-state index in [9.17, 15) is 9.18 Å². The number of carbonyl (C=O) groups excluding carboxylic acids is 1. The van der Waals surface area contributed by atoms with Crippen molar-refractivity contribution in [3.8, 4) is 11.3 Å². The van der Waals surface area contributed by atoms with E-state index >= 15 is 0 Å². The average Bonchev–Trinajstić information content (AvgIpc) is 3.44. The molecule has 3 heterocycles. The Hall–Kier alpha value is -3.19. The molecule has 1 atom stereocenters. The van der Waals surface area contributed by atoms with Crippen molar-refractivity contribution in [2.45, 2.75) is 39.0 Å². The number of aryl methyl sites for hydroxylation is 1. The molecule has 0 aliphatic carbocycles. The van der Waals surface area contributed by atoms with Crippen molar-refractivity contribution in [3.63, 3.8) is 0 Å². The van der Waals surface area contributed by atoms with Crippen LogP contribution in [0.1, 0.15) is 24.2 Å². The van der Waals surface area contributed by atoms with Gasteiger partial charge in [-0.15, -0.1) is 0 Å². The van der Waals surface area contributed by atoms with E-state index in [0.717, 1.165) is 41.4 Å². The number of hydrogen-bond acceptors (Lipinski definition) is 4. The first kappa shape index (κ1) is 19.8. The SMILES string of the molecule is Cc1ccc(Nc2c(-c3ccc(F)cc3)nc3n2CCN(C(=O)[C@H]2CCCO2)C3)cc1. The molecule has 3 aromatic rings. The van der Waals surface area contributed by atoms with Gasteiger partial charge in [0.15, 0.2) is 0 Å². The molecule has 0 spiro atoms. The number of amides is 1. The second-order valence-electron chi connectivity index (χ2n) is 8.14. The predicted octanol–water partition coefficient (Wildman–Crippen LogP) is 4.26. The Labute approximate surface area is 180 Å². The monoisotopic (exact) mass is 420 g/mol. The summed E-state index contributed by atoms with van der Waals surface area (Å²) in [6.07, 6.45) is 1.38. The Morgan fingerprint density at radius 2 is 1.90 bits per heavy atom. The Morgan fingerprint density at radius 3 is 2.61 bits per heavy atom. The number of carbonyl (C=O) groups is 1. The average molecular weight is 420 g/mol. The highest BCUT2D eigenvalue weighted by Crippen LogP contribution is 2.33. The highest BCUT2D eigenvalue weighted by molar-refractivity contribution is 5.82. The molecule has 0 bridgehead atoms. The number of nitrogens with zero attached hydrogens (tertiary/aromatic N) is 3. The molecule has 1 amide bonds.